The summed E-state index contributed by atoms with van der Waals surface area (Å²) in [6, 6.07) is 8.45. The molecule has 3 rings (SSSR count). The summed E-state index contributed by atoms with van der Waals surface area (Å²) in [6.07, 6.45) is 5.53. The molecule has 1 heterocycles. The van der Waals surface area contributed by atoms with Crippen molar-refractivity contribution in [1.29, 1.82) is 0 Å². The van der Waals surface area contributed by atoms with Gasteiger partial charge in [0.25, 0.3) is 0 Å². The second kappa shape index (κ2) is 5.08. The fraction of sp³-hybridized carbons (Fsp3) is 0.438. The van der Waals surface area contributed by atoms with Crippen molar-refractivity contribution in [3.05, 3.63) is 36.1 Å². The third-order valence-electron chi connectivity index (χ3n) is 3.65. The molecule has 0 N–H and O–H groups in total. The molecular formula is C16H19NO2. The standard InChI is InChI=1S/C16H19NO2/c1-2-8-17(14-5-6-14)16(18)11-12-3-4-13-7-9-19-15(13)10-12/h3-4,7,9-10,14H,2,5-6,8,11H2,1H3. The predicted molar refractivity (Wildman–Crippen MR) is 74.9 cm³/mol. The Labute approximate surface area is 113 Å². The fourth-order valence-corrected chi connectivity index (χ4v) is 2.52. The highest BCUT2D eigenvalue weighted by molar-refractivity contribution is 5.82. The number of hydrogen-bond donors (Lipinski definition) is 0. The largest absolute Gasteiger partial charge is 0.464 e. The van der Waals surface area contributed by atoms with Crippen molar-refractivity contribution in [3.8, 4) is 0 Å². The van der Waals surface area contributed by atoms with E-state index in [9.17, 15) is 4.79 Å². The van der Waals surface area contributed by atoms with Gasteiger partial charge in [0.1, 0.15) is 5.58 Å². The zero-order valence-electron chi connectivity index (χ0n) is 11.3. The Kier molecular flexibility index (Phi) is 3.28. The molecule has 1 saturated carbocycles. The molecule has 2 aromatic rings. The van der Waals surface area contributed by atoms with Crippen LogP contribution in [-0.2, 0) is 11.2 Å². The number of carbonyl (C=O) groups excluding carboxylic acids is 1. The van der Waals surface area contributed by atoms with Gasteiger partial charge < -0.3 is 9.32 Å². The Bertz CT molecular complexity index is 583. The minimum absolute atomic E-state index is 0.246. The van der Waals surface area contributed by atoms with Crippen LogP contribution in [0.3, 0.4) is 0 Å². The zero-order chi connectivity index (χ0) is 13.2. The van der Waals surface area contributed by atoms with Crippen molar-refractivity contribution < 1.29 is 9.21 Å². The number of benzene rings is 1. The van der Waals surface area contributed by atoms with Gasteiger partial charge in [-0.15, -0.1) is 0 Å². The smallest absolute Gasteiger partial charge is 0.227 e. The molecule has 1 aromatic carbocycles. The molecule has 1 aliphatic rings. The molecule has 1 fully saturated rings. The third kappa shape index (κ3) is 2.65. The van der Waals surface area contributed by atoms with Crippen molar-refractivity contribution in [2.24, 2.45) is 0 Å². The molecule has 19 heavy (non-hydrogen) atoms. The second-order valence-corrected chi connectivity index (χ2v) is 5.29. The number of rotatable bonds is 5. The Morgan fingerprint density at radius 2 is 2.21 bits per heavy atom. The van der Waals surface area contributed by atoms with Crippen LogP contribution >= 0.6 is 0 Å². The topological polar surface area (TPSA) is 33.5 Å². The minimum atomic E-state index is 0.246. The van der Waals surface area contributed by atoms with Crippen LogP contribution in [0.15, 0.2) is 34.9 Å². The van der Waals surface area contributed by atoms with Gasteiger partial charge in [-0.2, -0.15) is 0 Å². The van der Waals surface area contributed by atoms with E-state index < -0.39 is 0 Å². The molecule has 0 radical (unpaired) electrons. The quantitative estimate of drug-likeness (QED) is 0.822. The Balaban J connectivity index is 1.73. The van der Waals surface area contributed by atoms with Crippen molar-refractivity contribution >= 4 is 16.9 Å². The highest BCUT2D eigenvalue weighted by Gasteiger charge is 2.31. The fourth-order valence-electron chi connectivity index (χ4n) is 2.52. The maximum atomic E-state index is 12.4. The maximum absolute atomic E-state index is 12.4. The van der Waals surface area contributed by atoms with Crippen LogP contribution in [0.4, 0.5) is 0 Å². The summed E-state index contributed by atoms with van der Waals surface area (Å²) in [7, 11) is 0. The molecule has 0 saturated heterocycles. The average molecular weight is 257 g/mol. The van der Waals surface area contributed by atoms with E-state index in [1.165, 1.54) is 12.8 Å². The van der Waals surface area contributed by atoms with Crippen LogP contribution in [0.25, 0.3) is 11.0 Å². The zero-order valence-corrected chi connectivity index (χ0v) is 11.3. The van der Waals surface area contributed by atoms with Crippen molar-refractivity contribution in [2.45, 2.75) is 38.6 Å². The van der Waals surface area contributed by atoms with E-state index in [2.05, 4.69) is 6.92 Å². The highest BCUT2D eigenvalue weighted by Crippen LogP contribution is 2.28. The molecule has 0 unspecified atom stereocenters. The summed E-state index contributed by atoms with van der Waals surface area (Å²) in [6.45, 7) is 3.00. The van der Waals surface area contributed by atoms with E-state index in [1.54, 1.807) is 6.26 Å². The van der Waals surface area contributed by atoms with Gasteiger partial charge >= 0.3 is 0 Å². The lowest BCUT2D eigenvalue weighted by molar-refractivity contribution is -0.131. The minimum Gasteiger partial charge on any atom is -0.464 e. The van der Waals surface area contributed by atoms with Crippen LogP contribution < -0.4 is 0 Å². The molecule has 0 aliphatic heterocycles. The SMILES string of the molecule is CCCN(C(=O)Cc1ccc2ccoc2c1)C1CC1. The molecule has 1 aromatic heterocycles. The van der Waals surface area contributed by atoms with Crippen LogP contribution in [0, 0.1) is 0 Å². The van der Waals surface area contributed by atoms with Gasteiger partial charge in [0, 0.05) is 18.0 Å². The first-order valence-corrected chi connectivity index (χ1v) is 7.03. The first kappa shape index (κ1) is 12.3. The van der Waals surface area contributed by atoms with Crippen LogP contribution in [0.2, 0.25) is 0 Å². The van der Waals surface area contributed by atoms with Crippen LogP contribution in [-0.4, -0.2) is 23.4 Å². The molecule has 3 heteroatoms. The Hall–Kier alpha value is -1.77. The first-order valence-electron chi connectivity index (χ1n) is 7.03. The summed E-state index contributed by atoms with van der Waals surface area (Å²) in [5.74, 6) is 0.246. The van der Waals surface area contributed by atoms with Crippen molar-refractivity contribution in [1.82, 2.24) is 4.90 Å². The number of nitrogens with zero attached hydrogens (tertiary/aromatic N) is 1. The molecule has 0 spiro atoms. The van der Waals surface area contributed by atoms with E-state index in [0.717, 1.165) is 29.5 Å². The normalized spacial score (nSPS) is 14.8. The lowest BCUT2D eigenvalue weighted by Crippen LogP contribution is -2.34. The van der Waals surface area contributed by atoms with E-state index in [0.29, 0.717) is 12.5 Å². The molecule has 100 valence electrons. The molecule has 0 atom stereocenters. The third-order valence-corrected chi connectivity index (χ3v) is 3.65. The molecule has 0 bridgehead atoms. The summed E-state index contributed by atoms with van der Waals surface area (Å²) < 4.78 is 5.38. The number of furan rings is 1. The Morgan fingerprint density at radius 1 is 1.37 bits per heavy atom. The van der Waals surface area contributed by atoms with Crippen LogP contribution in [0.5, 0.6) is 0 Å². The molecule has 1 amide bonds. The average Bonchev–Trinajstić information content (AvgIpc) is 3.13. The van der Waals surface area contributed by atoms with Gasteiger partial charge in [-0.05, 0) is 37.0 Å². The molecular weight excluding hydrogens is 238 g/mol. The lowest BCUT2D eigenvalue weighted by atomic mass is 10.1. The maximum Gasteiger partial charge on any atom is 0.227 e. The van der Waals surface area contributed by atoms with Crippen LogP contribution in [0.1, 0.15) is 31.7 Å². The highest BCUT2D eigenvalue weighted by atomic mass is 16.3. The summed E-state index contributed by atoms with van der Waals surface area (Å²) in [4.78, 5) is 14.4. The van der Waals surface area contributed by atoms with Gasteiger partial charge in [0.05, 0.1) is 12.7 Å². The monoisotopic (exact) mass is 257 g/mol. The number of hydrogen-bond acceptors (Lipinski definition) is 2. The van der Waals surface area contributed by atoms with E-state index in [4.69, 9.17) is 4.42 Å². The van der Waals surface area contributed by atoms with E-state index in [-0.39, 0.29) is 5.91 Å². The second-order valence-electron chi connectivity index (χ2n) is 5.29. The number of fused-ring (bicyclic) bond motifs is 1. The Morgan fingerprint density at radius 3 is 2.95 bits per heavy atom. The molecule has 3 nitrogen and oxygen atoms in total. The van der Waals surface area contributed by atoms with E-state index in [1.807, 2.05) is 29.2 Å². The van der Waals surface area contributed by atoms with Gasteiger partial charge in [0.2, 0.25) is 5.91 Å². The first-order chi connectivity index (χ1) is 9.28. The molecule has 1 aliphatic carbocycles. The van der Waals surface area contributed by atoms with Gasteiger partial charge in [-0.25, -0.2) is 0 Å². The predicted octanol–water partition coefficient (Wildman–Crippen LogP) is 3.38. The van der Waals surface area contributed by atoms with Gasteiger partial charge in [-0.3, -0.25) is 4.79 Å². The van der Waals surface area contributed by atoms with Gasteiger partial charge in [0.15, 0.2) is 0 Å². The summed E-state index contributed by atoms with van der Waals surface area (Å²) >= 11 is 0. The van der Waals surface area contributed by atoms with Crippen molar-refractivity contribution in [3.63, 3.8) is 0 Å². The number of carbonyl (C=O) groups is 1. The lowest BCUT2D eigenvalue weighted by Gasteiger charge is -2.21. The van der Waals surface area contributed by atoms with E-state index >= 15 is 0 Å². The van der Waals surface area contributed by atoms with Gasteiger partial charge in [-0.1, -0.05) is 19.1 Å². The van der Waals surface area contributed by atoms with Crippen molar-refractivity contribution in [2.75, 3.05) is 6.54 Å². The summed E-state index contributed by atoms with van der Waals surface area (Å²) in [5, 5.41) is 1.09. The summed E-state index contributed by atoms with van der Waals surface area (Å²) in [5.41, 5.74) is 1.90. The number of amides is 1.